The van der Waals surface area contributed by atoms with Gasteiger partial charge in [-0.15, -0.1) is 0 Å². The van der Waals surface area contributed by atoms with Crippen molar-refractivity contribution >= 4 is 5.97 Å². The van der Waals surface area contributed by atoms with Gasteiger partial charge in [0.25, 0.3) is 0 Å². The Labute approximate surface area is 164 Å². The molecule has 0 bridgehead atoms. The predicted octanol–water partition coefficient (Wildman–Crippen LogP) is 5.98. The fraction of sp³-hybridized carbons (Fsp3) is 0.955. The van der Waals surface area contributed by atoms with Gasteiger partial charge in [-0.25, -0.2) is 0 Å². The Bertz CT molecular complexity index is 333. The normalized spacial score (nSPS) is 12.4. The van der Waals surface area contributed by atoms with Gasteiger partial charge in [-0.3, -0.25) is 4.79 Å². The minimum atomic E-state index is -0.346. The summed E-state index contributed by atoms with van der Waals surface area (Å²) in [4.78, 5) is 10.9. The van der Waals surface area contributed by atoms with Gasteiger partial charge in [-0.05, 0) is 76.2 Å². The molecule has 26 heavy (non-hydrogen) atoms. The van der Waals surface area contributed by atoms with E-state index in [1.165, 1.54) is 0 Å². The molecule has 160 valence electrons. The smallest absolute Gasteiger partial charge is 0.308 e. The van der Waals surface area contributed by atoms with Crippen molar-refractivity contribution in [1.82, 2.24) is 5.32 Å². The molecule has 0 aromatic rings. The van der Waals surface area contributed by atoms with Crippen molar-refractivity contribution in [2.45, 2.75) is 133 Å². The van der Waals surface area contributed by atoms with Crippen LogP contribution in [0.15, 0.2) is 0 Å². The Morgan fingerprint density at radius 3 is 1.15 bits per heavy atom. The molecule has 0 saturated heterocycles. The molecule has 0 spiro atoms. The zero-order valence-corrected chi connectivity index (χ0v) is 20.5. The minimum Gasteiger partial charge on any atom is -0.460 e. The van der Waals surface area contributed by atoms with Crippen LogP contribution in [-0.2, 0) is 14.3 Å². The molecule has 0 atom stereocenters. The molecular formula is C22H49NO3. The second-order valence-electron chi connectivity index (χ2n) is 10.5. The molecule has 0 unspecified atom stereocenters. The van der Waals surface area contributed by atoms with Gasteiger partial charge in [-0.2, -0.15) is 0 Å². The number of carbonyl (C=O) groups excluding carboxylic acids is 1. The number of hydrogen-bond acceptors (Lipinski definition) is 4. The first kappa shape index (κ1) is 30.1. The van der Waals surface area contributed by atoms with Crippen LogP contribution in [0.25, 0.3) is 0 Å². The number of carbonyl (C=O) groups is 1. The first-order chi connectivity index (χ1) is 11.2. The summed E-state index contributed by atoms with van der Waals surface area (Å²) in [5.41, 5.74) is -0.0519. The van der Waals surface area contributed by atoms with Crippen molar-refractivity contribution in [2.24, 2.45) is 5.92 Å². The number of nitrogens with one attached hydrogen (secondary N) is 1. The molecule has 0 aromatic heterocycles. The average molecular weight is 376 g/mol. The summed E-state index contributed by atoms with van der Waals surface area (Å²) in [7, 11) is 0. The van der Waals surface area contributed by atoms with E-state index < -0.39 is 0 Å². The van der Waals surface area contributed by atoms with E-state index in [4.69, 9.17) is 9.47 Å². The summed E-state index contributed by atoms with van der Waals surface area (Å²) >= 11 is 0. The molecule has 0 saturated carbocycles. The standard InChI is InChI=1S/C8H16O2.C7H17N.C7H16O/c1-6(2)7(9)10-8(3,4)5;2*1-6(2)8-7(3,4)5/h6H,1-5H3;6,8H,1-5H3;6H,1-5H3. The quantitative estimate of drug-likeness (QED) is 0.617. The highest BCUT2D eigenvalue weighted by atomic mass is 16.6. The summed E-state index contributed by atoms with van der Waals surface area (Å²) in [5.74, 6) is -0.160. The van der Waals surface area contributed by atoms with Crippen LogP contribution in [0, 0.1) is 5.92 Å². The monoisotopic (exact) mass is 375 g/mol. The van der Waals surface area contributed by atoms with Crippen molar-refractivity contribution in [2.75, 3.05) is 0 Å². The van der Waals surface area contributed by atoms with Crippen LogP contribution >= 0.6 is 0 Å². The number of ether oxygens (including phenoxy) is 2. The SMILES string of the molecule is CC(C)C(=O)OC(C)(C)C.CC(C)NC(C)(C)C.CC(C)OC(C)(C)C. The Hall–Kier alpha value is -0.610. The van der Waals surface area contributed by atoms with Crippen LogP contribution < -0.4 is 5.32 Å². The van der Waals surface area contributed by atoms with Gasteiger partial charge in [0.05, 0.1) is 17.6 Å². The second-order valence-corrected chi connectivity index (χ2v) is 10.5. The Kier molecular flexibility index (Phi) is 14.7. The lowest BCUT2D eigenvalue weighted by atomic mass is 10.1. The summed E-state index contributed by atoms with van der Waals surface area (Å²) in [6.07, 6.45) is 0.343. The number of hydrogen-bond donors (Lipinski definition) is 1. The molecule has 0 heterocycles. The third-order valence-corrected chi connectivity index (χ3v) is 2.19. The van der Waals surface area contributed by atoms with Gasteiger partial charge in [0.1, 0.15) is 5.60 Å². The largest absolute Gasteiger partial charge is 0.460 e. The zero-order chi connectivity index (χ0) is 21.9. The fourth-order valence-electron chi connectivity index (χ4n) is 1.99. The van der Waals surface area contributed by atoms with E-state index in [1.54, 1.807) is 0 Å². The molecule has 0 amide bonds. The molecule has 0 aliphatic carbocycles. The Morgan fingerprint density at radius 1 is 0.731 bits per heavy atom. The second kappa shape index (κ2) is 12.7. The summed E-state index contributed by atoms with van der Waals surface area (Å²) in [6, 6.07) is 0.593. The molecular weight excluding hydrogens is 326 g/mol. The first-order valence-corrected chi connectivity index (χ1v) is 9.84. The third kappa shape index (κ3) is 34.7. The maximum atomic E-state index is 10.9. The van der Waals surface area contributed by atoms with Crippen molar-refractivity contribution in [1.29, 1.82) is 0 Å². The van der Waals surface area contributed by atoms with E-state index >= 15 is 0 Å². The molecule has 4 nitrogen and oxygen atoms in total. The lowest BCUT2D eigenvalue weighted by Crippen LogP contribution is -2.40. The number of esters is 1. The van der Waals surface area contributed by atoms with Gasteiger partial charge in [0.2, 0.25) is 0 Å². The minimum absolute atomic E-state index is 0.0220. The van der Waals surface area contributed by atoms with Gasteiger partial charge >= 0.3 is 5.97 Å². The van der Waals surface area contributed by atoms with E-state index in [0.717, 1.165) is 0 Å². The van der Waals surface area contributed by atoms with E-state index in [1.807, 2.05) is 48.5 Å². The topological polar surface area (TPSA) is 47.6 Å². The molecule has 1 N–H and O–H groups in total. The van der Waals surface area contributed by atoms with E-state index in [2.05, 4.69) is 60.7 Å². The first-order valence-electron chi connectivity index (χ1n) is 9.84. The van der Waals surface area contributed by atoms with Crippen LogP contribution in [0.5, 0.6) is 0 Å². The summed E-state index contributed by atoms with van der Waals surface area (Å²) < 4.78 is 10.5. The molecule has 0 aliphatic heterocycles. The molecule has 0 fully saturated rings. The Balaban J connectivity index is -0.000000308. The van der Waals surface area contributed by atoms with Crippen LogP contribution in [0.2, 0.25) is 0 Å². The molecule has 0 aromatic carbocycles. The van der Waals surface area contributed by atoms with Crippen molar-refractivity contribution < 1.29 is 14.3 Å². The van der Waals surface area contributed by atoms with Gasteiger partial charge in [0.15, 0.2) is 0 Å². The summed E-state index contributed by atoms with van der Waals surface area (Å²) in [5, 5.41) is 3.38. The van der Waals surface area contributed by atoms with Crippen molar-refractivity contribution in [3.63, 3.8) is 0 Å². The summed E-state index contributed by atoms with van der Waals surface area (Å²) in [6.45, 7) is 30.4. The highest BCUT2D eigenvalue weighted by Gasteiger charge is 2.18. The molecule has 0 aliphatic rings. The van der Waals surface area contributed by atoms with Gasteiger partial charge < -0.3 is 14.8 Å². The van der Waals surface area contributed by atoms with Crippen molar-refractivity contribution in [3.8, 4) is 0 Å². The molecule has 4 heteroatoms. The van der Waals surface area contributed by atoms with Gasteiger partial charge in [-0.1, -0.05) is 27.7 Å². The van der Waals surface area contributed by atoms with Crippen LogP contribution in [0.4, 0.5) is 0 Å². The highest BCUT2D eigenvalue weighted by Crippen LogP contribution is 2.10. The molecule has 0 radical (unpaired) electrons. The third-order valence-electron chi connectivity index (χ3n) is 2.19. The van der Waals surface area contributed by atoms with Gasteiger partial charge in [0, 0.05) is 11.6 Å². The van der Waals surface area contributed by atoms with E-state index in [9.17, 15) is 4.79 Å². The van der Waals surface area contributed by atoms with E-state index in [0.29, 0.717) is 12.1 Å². The Morgan fingerprint density at radius 2 is 1.12 bits per heavy atom. The fourth-order valence-corrected chi connectivity index (χ4v) is 1.99. The van der Waals surface area contributed by atoms with Crippen LogP contribution in [-0.4, -0.2) is 34.9 Å². The lowest BCUT2D eigenvalue weighted by molar-refractivity contribution is -0.158. The van der Waals surface area contributed by atoms with Crippen LogP contribution in [0.1, 0.15) is 104 Å². The zero-order valence-electron chi connectivity index (χ0n) is 20.5. The maximum absolute atomic E-state index is 10.9. The van der Waals surface area contributed by atoms with Crippen molar-refractivity contribution in [3.05, 3.63) is 0 Å². The molecule has 0 rings (SSSR count). The highest BCUT2D eigenvalue weighted by molar-refractivity contribution is 5.71. The number of rotatable bonds is 3. The maximum Gasteiger partial charge on any atom is 0.308 e. The lowest BCUT2D eigenvalue weighted by Gasteiger charge is -2.23. The average Bonchev–Trinajstić information content (AvgIpc) is 2.19. The predicted molar refractivity (Wildman–Crippen MR) is 115 cm³/mol. The van der Waals surface area contributed by atoms with Crippen LogP contribution in [0.3, 0.4) is 0 Å². The van der Waals surface area contributed by atoms with E-state index in [-0.39, 0.29) is 28.6 Å².